The van der Waals surface area contributed by atoms with Gasteiger partial charge in [0, 0.05) is 6.42 Å². The molecule has 1 aromatic carbocycles. The zero-order chi connectivity index (χ0) is 14.7. The van der Waals surface area contributed by atoms with Crippen molar-refractivity contribution in [2.75, 3.05) is 12.4 Å². The van der Waals surface area contributed by atoms with Crippen LogP contribution in [0.5, 0.6) is 5.75 Å². The third-order valence-electron chi connectivity index (χ3n) is 3.44. The Bertz CT molecular complexity index is 512. The van der Waals surface area contributed by atoms with Gasteiger partial charge in [-0.3, -0.25) is 9.59 Å². The van der Waals surface area contributed by atoms with E-state index in [0.717, 1.165) is 0 Å². The summed E-state index contributed by atoms with van der Waals surface area (Å²) in [6.45, 7) is 3.94. The minimum atomic E-state index is -0.743. The largest absolute Gasteiger partial charge is 0.495 e. The molecule has 1 fully saturated rings. The first kappa shape index (κ1) is 14.4. The van der Waals surface area contributed by atoms with Crippen LogP contribution in [0.2, 0.25) is 0 Å². The highest BCUT2D eigenvalue weighted by Gasteiger charge is 2.40. The van der Waals surface area contributed by atoms with E-state index in [0.29, 0.717) is 17.9 Å². The zero-order valence-electron chi connectivity index (χ0n) is 11.9. The number of anilines is 1. The molecular formula is C15H19NO4. The van der Waals surface area contributed by atoms with Gasteiger partial charge in [0.1, 0.15) is 17.8 Å². The van der Waals surface area contributed by atoms with E-state index >= 15 is 0 Å². The Morgan fingerprint density at radius 3 is 2.70 bits per heavy atom. The van der Waals surface area contributed by atoms with Crippen molar-refractivity contribution in [3.05, 3.63) is 24.3 Å². The maximum atomic E-state index is 12.2. The minimum Gasteiger partial charge on any atom is -0.495 e. The summed E-state index contributed by atoms with van der Waals surface area (Å²) in [6, 6.07) is 7.09. The van der Waals surface area contributed by atoms with E-state index in [4.69, 9.17) is 9.47 Å². The molecule has 0 saturated carbocycles. The molecule has 0 unspecified atom stereocenters. The van der Waals surface area contributed by atoms with E-state index in [2.05, 4.69) is 5.32 Å². The number of carbonyl (C=O) groups excluding carboxylic acids is 2. The van der Waals surface area contributed by atoms with E-state index < -0.39 is 11.9 Å². The molecule has 2 rings (SSSR count). The lowest BCUT2D eigenvalue weighted by molar-refractivity contribution is -0.147. The number of hydrogen-bond donors (Lipinski definition) is 1. The number of benzene rings is 1. The van der Waals surface area contributed by atoms with Crippen molar-refractivity contribution in [3.8, 4) is 5.75 Å². The number of para-hydroxylation sites is 2. The monoisotopic (exact) mass is 277 g/mol. The zero-order valence-corrected chi connectivity index (χ0v) is 11.9. The van der Waals surface area contributed by atoms with Crippen molar-refractivity contribution in [1.82, 2.24) is 0 Å². The molecule has 1 aliphatic heterocycles. The Hall–Kier alpha value is -2.04. The summed E-state index contributed by atoms with van der Waals surface area (Å²) in [5.41, 5.74) is 0.556. The van der Waals surface area contributed by atoms with Crippen molar-refractivity contribution < 1.29 is 19.1 Å². The fourth-order valence-electron chi connectivity index (χ4n) is 2.20. The average Bonchev–Trinajstić information content (AvgIpc) is 2.82. The van der Waals surface area contributed by atoms with Gasteiger partial charge in [-0.15, -0.1) is 0 Å². The lowest BCUT2D eigenvalue weighted by atomic mass is 9.97. The Morgan fingerprint density at radius 1 is 1.40 bits per heavy atom. The van der Waals surface area contributed by atoms with Gasteiger partial charge in [-0.05, 0) is 18.1 Å². The van der Waals surface area contributed by atoms with Crippen LogP contribution in [0.1, 0.15) is 20.3 Å². The second-order valence-electron chi connectivity index (χ2n) is 5.20. The van der Waals surface area contributed by atoms with Crippen LogP contribution >= 0.6 is 0 Å². The molecule has 0 aromatic heterocycles. The fraction of sp³-hybridized carbons (Fsp3) is 0.467. The smallest absolute Gasteiger partial charge is 0.318 e. The molecule has 1 saturated heterocycles. The molecule has 0 aliphatic carbocycles. The Morgan fingerprint density at radius 2 is 2.10 bits per heavy atom. The van der Waals surface area contributed by atoms with Crippen LogP contribution in [0.15, 0.2) is 24.3 Å². The van der Waals surface area contributed by atoms with Gasteiger partial charge in [0.15, 0.2) is 0 Å². The maximum Gasteiger partial charge on any atom is 0.318 e. The Labute approximate surface area is 118 Å². The Balaban J connectivity index is 2.07. The van der Waals surface area contributed by atoms with Gasteiger partial charge in [0.2, 0.25) is 5.91 Å². The summed E-state index contributed by atoms with van der Waals surface area (Å²) in [5.74, 6) is -0.762. The van der Waals surface area contributed by atoms with Gasteiger partial charge in [0.05, 0.1) is 12.8 Å². The third kappa shape index (κ3) is 2.92. The molecule has 0 radical (unpaired) electrons. The van der Waals surface area contributed by atoms with Crippen molar-refractivity contribution in [1.29, 1.82) is 0 Å². The number of cyclic esters (lactones) is 1. The first-order valence-corrected chi connectivity index (χ1v) is 6.67. The summed E-state index contributed by atoms with van der Waals surface area (Å²) in [7, 11) is 1.53. The molecule has 20 heavy (non-hydrogen) atoms. The number of methoxy groups -OCH3 is 1. The van der Waals surface area contributed by atoms with E-state index in [1.807, 2.05) is 19.9 Å². The van der Waals surface area contributed by atoms with Crippen LogP contribution in [-0.2, 0) is 14.3 Å². The summed E-state index contributed by atoms with van der Waals surface area (Å²) in [5, 5.41) is 2.73. The summed E-state index contributed by atoms with van der Waals surface area (Å²) < 4.78 is 10.4. The average molecular weight is 277 g/mol. The van der Waals surface area contributed by atoms with Gasteiger partial charge >= 0.3 is 5.97 Å². The third-order valence-corrected chi connectivity index (χ3v) is 3.44. The topological polar surface area (TPSA) is 64.6 Å². The second-order valence-corrected chi connectivity index (χ2v) is 5.20. The normalized spacial score (nSPS) is 21.7. The molecule has 0 spiro atoms. The van der Waals surface area contributed by atoms with Crippen LogP contribution in [0.3, 0.4) is 0 Å². The highest BCUT2D eigenvalue weighted by molar-refractivity contribution is 6.06. The predicted octanol–water partition coefficient (Wildman–Crippen LogP) is 2.22. The molecule has 5 nitrogen and oxygen atoms in total. The summed E-state index contributed by atoms with van der Waals surface area (Å²) in [4.78, 5) is 24.0. The van der Waals surface area contributed by atoms with Gasteiger partial charge < -0.3 is 14.8 Å². The van der Waals surface area contributed by atoms with Crippen molar-refractivity contribution in [2.45, 2.75) is 26.4 Å². The fourth-order valence-corrected chi connectivity index (χ4v) is 2.20. The maximum absolute atomic E-state index is 12.2. The number of ether oxygens (including phenoxy) is 2. The SMILES string of the molecule is COc1ccccc1NC(=O)[C@H]1C[C@H](C(C)C)OC1=O. The van der Waals surface area contributed by atoms with Crippen molar-refractivity contribution >= 4 is 17.6 Å². The van der Waals surface area contributed by atoms with Gasteiger partial charge in [-0.25, -0.2) is 0 Å². The molecule has 0 bridgehead atoms. The minimum absolute atomic E-state index is 0.184. The standard InChI is InChI=1S/C15H19NO4/c1-9(2)13-8-10(15(18)20-13)14(17)16-11-6-4-5-7-12(11)19-3/h4-7,9-10,13H,8H2,1-3H3,(H,16,17)/t10-,13-/m1/s1. The predicted molar refractivity (Wildman–Crippen MR) is 74.4 cm³/mol. The molecule has 5 heteroatoms. The molecular weight excluding hydrogens is 258 g/mol. The molecule has 1 aliphatic rings. The van der Waals surface area contributed by atoms with E-state index in [-0.39, 0.29) is 17.9 Å². The van der Waals surface area contributed by atoms with Crippen LogP contribution in [0.25, 0.3) is 0 Å². The molecule has 108 valence electrons. The lowest BCUT2D eigenvalue weighted by Crippen LogP contribution is -2.26. The number of esters is 1. The highest BCUT2D eigenvalue weighted by Crippen LogP contribution is 2.29. The lowest BCUT2D eigenvalue weighted by Gasteiger charge is -2.12. The van der Waals surface area contributed by atoms with E-state index in [1.54, 1.807) is 18.2 Å². The summed E-state index contributed by atoms with van der Waals surface area (Å²) in [6.07, 6.45) is 0.244. The van der Waals surface area contributed by atoms with Crippen molar-refractivity contribution in [3.63, 3.8) is 0 Å². The number of carbonyl (C=O) groups is 2. The van der Waals surface area contributed by atoms with Crippen LogP contribution < -0.4 is 10.1 Å². The van der Waals surface area contributed by atoms with Gasteiger partial charge in [0.25, 0.3) is 0 Å². The first-order chi connectivity index (χ1) is 9.52. The van der Waals surface area contributed by atoms with Crippen LogP contribution in [0.4, 0.5) is 5.69 Å². The Kier molecular flexibility index (Phi) is 4.27. The number of nitrogens with one attached hydrogen (secondary N) is 1. The molecule has 1 aromatic rings. The van der Waals surface area contributed by atoms with E-state index in [1.165, 1.54) is 7.11 Å². The quantitative estimate of drug-likeness (QED) is 0.677. The number of hydrogen-bond acceptors (Lipinski definition) is 4. The molecule has 2 atom stereocenters. The van der Waals surface area contributed by atoms with Crippen LogP contribution in [0, 0.1) is 11.8 Å². The second kappa shape index (κ2) is 5.94. The van der Waals surface area contributed by atoms with Crippen molar-refractivity contribution in [2.24, 2.45) is 11.8 Å². The van der Waals surface area contributed by atoms with Gasteiger partial charge in [-0.2, -0.15) is 0 Å². The number of amides is 1. The van der Waals surface area contributed by atoms with E-state index in [9.17, 15) is 9.59 Å². The highest BCUT2D eigenvalue weighted by atomic mass is 16.6. The molecule has 1 heterocycles. The van der Waals surface area contributed by atoms with Crippen LogP contribution in [-0.4, -0.2) is 25.1 Å². The summed E-state index contributed by atoms with van der Waals surface area (Å²) >= 11 is 0. The molecule has 1 amide bonds. The number of rotatable bonds is 4. The van der Waals surface area contributed by atoms with Gasteiger partial charge in [-0.1, -0.05) is 26.0 Å². The molecule has 1 N–H and O–H groups in total. The first-order valence-electron chi connectivity index (χ1n) is 6.67.